The number of piperidine rings is 1. The van der Waals surface area contributed by atoms with E-state index in [0.29, 0.717) is 24.6 Å². The second-order valence-electron chi connectivity index (χ2n) is 5.97. The van der Waals surface area contributed by atoms with Crippen LogP contribution < -0.4 is 16.0 Å². The van der Waals surface area contributed by atoms with Crippen molar-refractivity contribution in [3.05, 3.63) is 23.2 Å². The van der Waals surface area contributed by atoms with Gasteiger partial charge in [-0.3, -0.25) is 4.79 Å². The van der Waals surface area contributed by atoms with Crippen molar-refractivity contribution in [2.24, 2.45) is 0 Å². The Balaban J connectivity index is 1.68. The molecule has 3 N–H and O–H groups in total. The maximum Gasteiger partial charge on any atom is 0.319 e. The Labute approximate surface area is 138 Å². The molecule has 1 fully saturated rings. The topological polar surface area (TPSA) is 83.1 Å². The van der Waals surface area contributed by atoms with E-state index in [9.17, 15) is 9.59 Å². The zero-order valence-corrected chi connectivity index (χ0v) is 14.0. The molecular formula is C16H20N4O2S. The van der Waals surface area contributed by atoms with E-state index in [4.69, 9.17) is 0 Å². The molecule has 1 saturated heterocycles. The van der Waals surface area contributed by atoms with Gasteiger partial charge in [0, 0.05) is 18.2 Å². The molecule has 2 aromatic rings. The summed E-state index contributed by atoms with van der Waals surface area (Å²) in [4.78, 5) is 28.3. The number of aromatic nitrogens is 1. The molecule has 23 heavy (non-hydrogen) atoms. The number of anilines is 1. The number of amides is 3. The van der Waals surface area contributed by atoms with Crippen LogP contribution in [0.1, 0.15) is 37.6 Å². The van der Waals surface area contributed by atoms with Crippen LogP contribution in [-0.2, 0) is 4.79 Å². The Kier molecular flexibility index (Phi) is 4.47. The Hall–Kier alpha value is -2.15. The van der Waals surface area contributed by atoms with Gasteiger partial charge in [0.1, 0.15) is 6.04 Å². The van der Waals surface area contributed by atoms with E-state index >= 15 is 0 Å². The van der Waals surface area contributed by atoms with Crippen LogP contribution in [-0.4, -0.2) is 29.5 Å². The van der Waals surface area contributed by atoms with Gasteiger partial charge in [0.2, 0.25) is 5.91 Å². The highest BCUT2D eigenvalue weighted by molar-refractivity contribution is 7.18. The number of thiazole rings is 1. The zero-order valence-electron chi connectivity index (χ0n) is 13.2. The average Bonchev–Trinajstić information content (AvgIpc) is 2.93. The highest BCUT2D eigenvalue weighted by Gasteiger charge is 2.23. The van der Waals surface area contributed by atoms with E-state index in [1.165, 1.54) is 0 Å². The van der Waals surface area contributed by atoms with Crippen molar-refractivity contribution >= 4 is 39.2 Å². The summed E-state index contributed by atoms with van der Waals surface area (Å²) in [5.41, 5.74) is 1.64. The molecule has 1 aliphatic heterocycles. The molecule has 0 saturated carbocycles. The van der Waals surface area contributed by atoms with Gasteiger partial charge in [0.15, 0.2) is 0 Å². The first-order valence-electron chi connectivity index (χ1n) is 7.78. The molecule has 2 heterocycles. The van der Waals surface area contributed by atoms with Gasteiger partial charge in [0.05, 0.1) is 15.2 Å². The first-order valence-corrected chi connectivity index (χ1v) is 8.60. The van der Waals surface area contributed by atoms with Crippen LogP contribution in [0.4, 0.5) is 10.5 Å². The first kappa shape index (κ1) is 15.7. The van der Waals surface area contributed by atoms with E-state index in [1.807, 2.05) is 18.2 Å². The lowest BCUT2D eigenvalue weighted by Gasteiger charge is -2.22. The van der Waals surface area contributed by atoms with E-state index < -0.39 is 6.04 Å². The normalized spacial score (nSPS) is 18.0. The van der Waals surface area contributed by atoms with Gasteiger partial charge in [0.25, 0.3) is 0 Å². The number of nitrogens with one attached hydrogen (secondary N) is 3. The molecule has 3 rings (SSSR count). The summed E-state index contributed by atoms with van der Waals surface area (Å²) in [5, 5.41) is 9.34. The third-order valence-corrected chi connectivity index (χ3v) is 5.07. The lowest BCUT2D eigenvalue weighted by molar-refractivity contribution is -0.124. The molecule has 122 valence electrons. The van der Waals surface area contributed by atoms with Gasteiger partial charge < -0.3 is 16.0 Å². The van der Waals surface area contributed by atoms with Crippen molar-refractivity contribution in [3.63, 3.8) is 0 Å². The summed E-state index contributed by atoms with van der Waals surface area (Å²) in [6.45, 7) is 4.90. The number of hydrogen-bond acceptors (Lipinski definition) is 4. The fourth-order valence-electron chi connectivity index (χ4n) is 2.50. The summed E-state index contributed by atoms with van der Waals surface area (Å²) in [6, 6.07) is 4.83. The largest absolute Gasteiger partial charge is 0.354 e. The Morgan fingerprint density at radius 2 is 2.26 bits per heavy atom. The average molecular weight is 332 g/mol. The lowest BCUT2D eigenvalue weighted by atomic mass is 10.1. The Bertz CT molecular complexity index is 741. The van der Waals surface area contributed by atoms with Crippen LogP contribution in [0.2, 0.25) is 0 Å². The van der Waals surface area contributed by atoms with Crippen molar-refractivity contribution < 1.29 is 9.59 Å². The van der Waals surface area contributed by atoms with Gasteiger partial charge in [-0.15, -0.1) is 11.3 Å². The molecule has 0 radical (unpaired) electrons. The molecular weight excluding hydrogens is 312 g/mol. The minimum Gasteiger partial charge on any atom is -0.354 e. The van der Waals surface area contributed by atoms with Gasteiger partial charge in [-0.05, 0) is 31.0 Å². The Morgan fingerprint density at radius 1 is 1.43 bits per heavy atom. The molecule has 1 aromatic carbocycles. The monoisotopic (exact) mass is 332 g/mol. The fourth-order valence-corrected chi connectivity index (χ4v) is 3.51. The standard InChI is InChI=1S/C16H20N4O2S/c1-9(2)15-19-11-6-5-10(8-13(11)23-15)18-16(22)20-12-4-3-7-17-14(12)21/h5-6,8-9,12H,3-4,7H2,1-2H3,(H,17,21)(H2,18,20,22)/t12-/m0/s1. The van der Waals surface area contributed by atoms with E-state index in [-0.39, 0.29) is 11.9 Å². The molecule has 0 bridgehead atoms. The maximum atomic E-state index is 12.1. The maximum absolute atomic E-state index is 12.1. The van der Waals surface area contributed by atoms with Gasteiger partial charge in [-0.25, -0.2) is 9.78 Å². The van der Waals surface area contributed by atoms with Crippen molar-refractivity contribution in [2.75, 3.05) is 11.9 Å². The second-order valence-corrected chi connectivity index (χ2v) is 7.04. The van der Waals surface area contributed by atoms with Gasteiger partial charge in [-0.2, -0.15) is 0 Å². The number of fused-ring (bicyclic) bond motifs is 1. The molecule has 0 unspecified atom stereocenters. The Morgan fingerprint density at radius 3 is 3.00 bits per heavy atom. The lowest BCUT2D eigenvalue weighted by Crippen LogP contribution is -2.51. The molecule has 7 heteroatoms. The zero-order chi connectivity index (χ0) is 16.4. The molecule has 0 aliphatic carbocycles. The van der Waals surface area contributed by atoms with Crippen LogP contribution in [0.5, 0.6) is 0 Å². The van der Waals surface area contributed by atoms with Crippen molar-refractivity contribution in [1.82, 2.24) is 15.6 Å². The molecule has 1 atom stereocenters. The van der Waals surface area contributed by atoms with E-state index in [1.54, 1.807) is 11.3 Å². The van der Waals surface area contributed by atoms with Crippen LogP contribution in [0.15, 0.2) is 18.2 Å². The third kappa shape index (κ3) is 3.61. The minimum absolute atomic E-state index is 0.120. The SMILES string of the molecule is CC(C)c1nc2ccc(NC(=O)N[C@H]3CCCNC3=O)cc2s1. The number of benzene rings is 1. The predicted octanol–water partition coefficient (Wildman–Crippen LogP) is 2.82. The molecule has 3 amide bonds. The van der Waals surface area contributed by atoms with Crippen molar-refractivity contribution in [2.45, 2.75) is 38.6 Å². The van der Waals surface area contributed by atoms with Gasteiger partial charge in [-0.1, -0.05) is 13.8 Å². The van der Waals surface area contributed by atoms with Crippen molar-refractivity contribution in [1.29, 1.82) is 0 Å². The number of rotatable bonds is 3. The minimum atomic E-state index is -0.455. The quantitative estimate of drug-likeness (QED) is 0.808. The highest BCUT2D eigenvalue weighted by atomic mass is 32.1. The second kappa shape index (κ2) is 6.54. The number of carbonyl (C=O) groups is 2. The van der Waals surface area contributed by atoms with Crippen LogP contribution in [0.25, 0.3) is 10.2 Å². The highest BCUT2D eigenvalue weighted by Crippen LogP contribution is 2.29. The van der Waals surface area contributed by atoms with E-state index in [2.05, 4.69) is 34.8 Å². The van der Waals surface area contributed by atoms with Crippen LogP contribution >= 0.6 is 11.3 Å². The smallest absolute Gasteiger partial charge is 0.319 e. The number of nitrogens with zero attached hydrogens (tertiary/aromatic N) is 1. The number of hydrogen-bond donors (Lipinski definition) is 3. The summed E-state index contributed by atoms with van der Waals surface area (Å²) in [5.74, 6) is 0.266. The molecule has 1 aliphatic rings. The summed E-state index contributed by atoms with van der Waals surface area (Å²) in [7, 11) is 0. The molecule has 1 aromatic heterocycles. The van der Waals surface area contributed by atoms with Crippen LogP contribution in [0.3, 0.4) is 0 Å². The predicted molar refractivity (Wildman–Crippen MR) is 91.9 cm³/mol. The fraction of sp³-hybridized carbons (Fsp3) is 0.438. The van der Waals surface area contributed by atoms with Crippen LogP contribution in [0, 0.1) is 0 Å². The molecule has 6 nitrogen and oxygen atoms in total. The summed E-state index contributed by atoms with van der Waals surface area (Å²) < 4.78 is 1.04. The number of carbonyl (C=O) groups excluding carboxylic acids is 2. The first-order chi connectivity index (χ1) is 11.0. The van der Waals surface area contributed by atoms with Crippen molar-refractivity contribution in [3.8, 4) is 0 Å². The summed E-state index contributed by atoms with van der Waals surface area (Å²) in [6.07, 6.45) is 1.55. The molecule has 0 spiro atoms. The summed E-state index contributed by atoms with van der Waals surface area (Å²) >= 11 is 1.64. The number of urea groups is 1. The third-order valence-electron chi connectivity index (χ3n) is 3.75. The van der Waals surface area contributed by atoms with Gasteiger partial charge >= 0.3 is 6.03 Å². The van der Waals surface area contributed by atoms with E-state index in [0.717, 1.165) is 21.6 Å².